The number of fused-ring (bicyclic) bond motifs is 9. The Hall–Kier alpha value is -6.64. The van der Waals surface area contributed by atoms with Crippen molar-refractivity contribution < 1.29 is 0 Å². The zero-order valence-electron chi connectivity index (χ0n) is 30.4. The maximum Gasteiger partial charge on any atom is 0.0544 e. The van der Waals surface area contributed by atoms with Crippen molar-refractivity contribution in [3.05, 3.63) is 193 Å². The second-order valence-corrected chi connectivity index (χ2v) is 15.3. The molecule has 11 rings (SSSR count). The molecule has 2 heteroatoms. The fraction of sp³-hybridized carbons (Fsp3) is 0.0769. The van der Waals surface area contributed by atoms with Crippen molar-refractivity contribution in [2.24, 2.45) is 0 Å². The van der Waals surface area contributed by atoms with Gasteiger partial charge in [0, 0.05) is 44.8 Å². The highest BCUT2D eigenvalue weighted by atomic mass is 15.0. The van der Waals surface area contributed by atoms with Crippen LogP contribution in [0.3, 0.4) is 0 Å². The first-order valence-electron chi connectivity index (χ1n) is 19.0. The first-order chi connectivity index (χ1) is 26.5. The first-order valence-corrected chi connectivity index (χ1v) is 19.0. The van der Waals surface area contributed by atoms with Crippen molar-refractivity contribution >= 4 is 49.3 Å². The summed E-state index contributed by atoms with van der Waals surface area (Å²) in [4.78, 5) is 0. The number of nitrogens with zero attached hydrogens (tertiary/aromatic N) is 2. The topological polar surface area (TPSA) is 9.86 Å². The normalized spacial score (nSPS) is 14.5. The molecule has 0 bridgehead atoms. The molecule has 7 aromatic carbocycles. The number of allylic oxidation sites excluding steroid dienone is 6. The largest absolute Gasteiger partial charge is 0.313 e. The third kappa shape index (κ3) is 4.53. The van der Waals surface area contributed by atoms with Crippen LogP contribution in [0.5, 0.6) is 0 Å². The Labute approximate surface area is 315 Å². The third-order valence-electron chi connectivity index (χ3n) is 11.9. The van der Waals surface area contributed by atoms with E-state index in [1.807, 2.05) is 0 Å². The van der Waals surface area contributed by atoms with Crippen molar-refractivity contribution in [2.75, 3.05) is 0 Å². The summed E-state index contributed by atoms with van der Waals surface area (Å²) < 4.78 is 4.93. The molecular formula is C52H38N2. The molecule has 54 heavy (non-hydrogen) atoms. The van der Waals surface area contributed by atoms with Crippen LogP contribution in [0.25, 0.3) is 88.4 Å². The molecule has 2 aromatic heterocycles. The highest BCUT2D eigenvalue weighted by molar-refractivity contribution is 6.14. The highest BCUT2D eigenvalue weighted by Gasteiger charge is 2.36. The number of hydrogen-bond acceptors (Lipinski definition) is 0. The molecule has 256 valence electrons. The predicted octanol–water partition coefficient (Wildman–Crippen LogP) is 13.9. The van der Waals surface area contributed by atoms with Crippen LogP contribution < -0.4 is 0 Å². The molecule has 2 nitrogen and oxygen atoms in total. The van der Waals surface area contributed by atoms with Gasteiger partial charge in [0.25, 0.3) is 0 Å². The summed E-state index contributed by atoms with van der Waals surface area (Å²) in [6.45, 7) is 4.75. The molecule has 0 aliphatic heterocycles. The summed E-state index contributed by atoms with van der Waals surface area (Å²) >= 11 is 0. The van der Waals surface area contributed by atoms with Gasteiger partial charge >= 0.3 is 0 Å². The van der Waals surface area contributed by atoms with E-state index in [2.05, 4.69) is 205 Å². The van der Waals surface area contributed by atoms with E-state index in [0.717, 1.165) is 6.42 Å². The van der Waals surface area contributed by atoms with Gasteiger partial charge in [-0.2, -0.15) is 0 Å². The van der Waals surface area contributed by atoms with Gasteiger partial charge in [0.05, 0.1) is 22.1 Å². The molecule has 0 atom stereocenters. The average molecular weight is 691 g/mol. The summed E-state index contributed by atoms with van der Waals surface area (Å²) in [5.74, 6) is 0. The molecule has 0 saturated heterocycles. The highest BCUT2D eigenvalue weighted by Crippen LogP contribution is 2.51. The SMILES string of the molecule is CC1(C)c2ccccc2-c2cc3c4cc(-c5ccc6c(c5)c5ccccc5n6C5=CC=CC=CC5)ccc4n(-c4cccc(-c5ccccc5)c4)c3cc21. The van der Waals surface area contributed by atoms with Gasteiger partial charge in [-0.05, 0) is 105 Å². The minimum Gasteiger partial charge on any atom is -0.313 e. The van der Waals surface area contributed by atoms with Gasteiger partial charge < -0.3 is 9.13 Å². The molecule has 0 amide bonds. The van der Waals surface area contributed by atoms with Crippen molar-refractivity contribution in [2.45, 2.75) is 25.7 Å². The average Bonchev–Trinajstić information content (AvgIpc) is 3.68. The Morgan fingerprint density at radius 3 is 1.94 bits per heavy atom. The van der Waals surface area contributed by atoms with Crippen LogP contribution in [-0.4, -0.2) is 9.13 Å². The molecule has 9 aromatic rings. The molecule has 0 N–H and O–H groups in total. The molecular weight excluding hydrogens is 653 g/mol. The van der Waals surface area contributed by atoms with E-state index in [9.17, 15) is 0 Å². The smallest absolute Gasteiger partial charge is 0.0544 e. The number of benzene rings is 7. The number of rotatable bonds is 4. The molecule has 0 radical (unpaired) electrons. The second kappa shape index (κ2) is 11.7. The zero-order valence-corrected chi connectivity index (χ0v) is 30.4. The van der Waals surface area contributed by atoms with Gasteiger partial charge in [0.15, 0.2) is 0 Å². The van der Waals surface area contributed by atoms with E-state index >= 15 is 0 Å². The van der Waals surface area contributed by atoms with Crippen LogP contribution in [0.4, 0.5) is 0 Å². The van der Waals surface area contributed by atoms with Crippen LogP contribution in [0.15, 0.2) is 182 Å². The first kappa shape index (κ1) is 30.9. The van der Waals surface area contributed by atoms with Gasteiger partial charge in [-0.1, -0.05) is 135 Å². The minimum absolute atomic E-state index is 0.0909. The lowest BCUT2D eigenvalue weighted by Crippen LogP contribution is -2.14. The minimum atomic E-state index is -0.0909. The fourth-order valence-corrected chi connectivity index (χ4v) is 9.32. The van der Waals surface area contributed by atoms with E-state index in [0.29, 0.717) is 0 Å². The van der Waals surface area contributed by atoms with E-state index in [-0.39, 0.29) is 5.41 Å². The van der Waals surface area contributed by atoms with Crippen LogP contribution in [-0.2, 0) is 5.41 Å². The van der Waals surface area contributed by atoms with Crippen molar-refractivity contribution in [1.82, 2.24) is 9.13 Å². The van der Waals surface area contributed by atoms with E-state index in [1.165, 1.54) is 99.5 Å². The molecule has 2 heterocycles. The lowest BCUT2D eigenvalue weighted by Gasteiger charge is -2.21. The zero-order chi connectivity index (χ0) is 36.0. The molecule has 0 fully saturated rings. The summed E-state index contributed by atoms with van der Waals surface area (Å²) in [5, 5.41) is 5.10. The van der Waals surface area contributed by atoms with Crippen LogP contribution in [0.1, 0.15) is 31.4 Å². The van der Waals surface area contributed by atoms with Gasteiger partial charge in [-0.15, -0.1) is 0 Å². The Morgan fingerprint density at radius 2 is 1.09 bits per heavy atom. The van der Waals surface area contributed by atoms with Gasteiger partial charge in [0.2, 0.25) is 0 Å². The fourth-order valence-electron chi connectivity index (χ4n) is 9.32. The Balaban J connectivity index is 1.15. The van der Waals surface area contributed by atoms with Gasteiger partial charge in [-0.3, -0.25) is 0 Å². The molecule has 2 aliphatic carbocycles. The Morgan fingerprint density at radius 1 is 0.426 bits per heavy atom. The maximum absolute atomic E-state index is 2.49. The predicted molar refractivity (Wildman–Crippen MR) is 229 cm³/mol. The monoisotopic (exact) mass is 690 g/mol. The van der Waals surface area contributed by atoms with E-state index in [4.69, 9.17) is 0 Å². The van der Waals surface area contributed by atoms with Crippen LogP contribution in [0.2, 0.25) is 0 Å². The van der Waals surface area contributed by atoms with Crippen molar-refractivity contribution in [1.29, 1.82) is 0 Å². The van der Waals surface area contributed by atoms with Gasteiger partial charge in [0.1, 0.15) is 0 Å². The number of aromatic nitrogens is 2. The van der Waals surface area contributed by atoms with Crippen molar-refractivity contribution in [3.8, 4) is 39.1 Å². The summed E-state index contributed by atoms with van der Waals surface area (Å²) in [6, 6.07) is 56.6. The lowest BCUT2D eigenvalue weighted by molar-refractivity contribution is 0.661. The molecule has 0 saturated carbocycles. The summed E-state index contributed by atoms with van der Waals surface area (Å²) in [7, 11) is 0. The van der Waals surface area contributed by atoms with E-state index in [1.54, 1.807) is 0 Å². The lowest BCUT2D eigenvalue weighted by atomic mass is 9.82. The Bertz CT molecular complexity index is 3090. The maximum atomic E-state index is 2.49. The van der Waals surface area contributed by atoms with Gasteiger partial charge in [-0.25, -0.2) is 0 Å². The van der Waals surface area contributed by atoms with Crippen LogP contribution >= 0.6 is 0 Å². The van der Waals surface area contributed by atoms with Crippen LogP contribution in [0, 0.1) is 0 Å². The second-order valence-electron chi connectivity index (χ2n) is 15.3. The van der Waals surface area contributed by atoms with E-state index < -0.39 is 0 Å². The molecule has 0 unspecified atom stereocenters. The number of hydrogen-bond donors (Lipinski definition) is 0. The molecule has 2 aliphatic rings. The summed E-state index contributed by atoms with van der Waals surface area (Å²) in [6.07, 6.45) is 11.8. The quantitative estimate of drug-likeness (QED) is 0.174. The summed E-state index contributed by atoms with van der Waals surface area (Å²) in [5.41, 5.74) is 17.7. The Kier molecular flexibility index (Phi) is 6.69. The molecule has 0 spiro atoms. The standard InChI is InChI=1S/C52H38N2/c1-52(2)46-23-12-10-21-40(46)42-32-45-44-31-37(36-25-27-49-43(30-36)41-22-11-13-24-48(41)53(49)38-18-8-3-4-9-19-38)26-28-50(44)54(51(45)33-47(42)52)39-20-14-17-35(29-39)34-15-6-5-7-16-34/h3-18,20-33H,19H2,1-2H3. The number of para-hydroxylation sites is 1. The van der Waals surface area contributed by atoms with Crippen molar-refractivity contribution in [3.63, 3.8) is 0 Å². The third-order valence-corrected chi connectivity index (χ3v) is 11.9.